The van der Waals surface area contributed by atoms with Gasteiger partial charge in [0.1, 0.15) is 5.76 Å². The largest absolute Gasteiger partial charge is 0.444 e. The first-order valence-corrected chi connectivity index (χ1v) is 4.44. The van der Waals surface area contributed by atoms with Gasteiger partial charge in [0.25, 0.3) is 0 Å². The van der Waals surface area contributed by atoms with Gasteiger partial charge in [0.15, 0.2) is 5.89 Å². The predicted octanol–water partition coefficient (Wildman–Crippen LogP) is 0.798. The van der Waals surface area contributed by atoms with Crippen LogP contribution < -0.4 is 5.73 Å². The first-order chi connectivity index (χ1) is 6.09. The molecule has 0 amide bonds. The van der Waals surface area contributed by atoms with Gasteiger partial charge in [-0.1, -0.05) is 0 Å². The second-order valence-corrected chi connectivity index (χ2v) is 3.50. The van der Waals surface area contributed by atoms with E-state index in [0.717, 1.165) is 24.6 Å². The third-order valence-corrected chi connectivity index (χ3v) is 1.79. The Bertz CT molecular complexity index is 255. The van der Waals surface area contributed by atoms with E-state index in [0.29, 0.717) is 0 Å². The maximum absolute atomic E-state index is 5.64. The Hall–Kier alpha value is -0.870. The normalized spacial score (nSPS) is 13.6. The van der Waals surface area contributed by atoms with E-state index in [9.17, 15) is 0 Å². The number of nitrogens with two attached hydrogens (primary N) is 1. The van der Waals surface area contributed by atoms with E-state index in [1.807, 2.05) is 21.0 Å². The highest BCUT2D eigenvalue weighted by Gasteiger charge is 2.07. The first kappa shape index (κ1) is 10.2. The van der Waals surface area contributed by atoms with E-state index in [2.05, 4.69) is 9.88 Å². The lowest BCUT2D eigenvalue weighted by molar-refractivity contribution is 0.372. The highest BCUT2D eigenvalue weighted by atomic mass is 16.4. The smallest absolute Gasteiger partial charge is 0.195 e. The monoisotopic (exact) mass is 183 g/mol. The van der Waals surface area contributed by atoms with Crippen molar-refractivity contribution in [2.45, 2.75) is 19.4 Å². The van der Waals surface area contributed by atoms with Crippen molar-refractivity contribution >= 4 is 0 Å². The Balaban J connectivity index is 2.49. The molecule has 2 N–H and O–H groups in total. The first-order valence-electron chi connectivity index (χ1n) is 4.44. The average molecular weight is 183 g/mol. The Labute approximate surface area is 78.7 Å². The summed E-state index contributed by atoms with van der Waals surface area (Å²) >= 11 is 0. The maximum Gasteiger partial charge on any atom is 0.195 e. The molecule has 4 heteroatoms. The van der Waals surface area contributed by atoms with Crippen molar-refractivity contribution in [1.29, 1.82) is 0 Å². The van der Waals surface area contributed by atoms with Crippen molar-refractivity contribution in [3.05, 3.63) is 17.8 Å². The lowest BCUT2D eigenvalue weighted by atomic mass is 10.3. The maximum atomic E-state index is 5.64. The summed E-state index contributed by atoms with van der Waals surface area (Å²) in [7, 11) is 4.05. The molecule has 1 heterocycles. The molecule has 0 radical (unpaired) electrons. The summed E-state index contributed by atoms with van der Waals surface area (Å²) in [5.74, 6) is 1.52. The summed E-state index contributed by atoms with van der Waals surface area (Å²) in [4.78, 5) is 6.23. The van der Waals surface area contributed by atoms with Gasteiger partial charge in [0.05, 0.1) is 12.2 Å². The molecule has 0 aliphatic heterocycles. The third-order valence-electron chi connectivity index (χ3n) is 1.79. The zero-order chi connectivity index (χ0) is 9.84. The SMILES string of the molecule is C[C@H](N)c1cnc(CCN(C)C)o1. The molecule has 0 fully saturated rings. The van der Waals surface area contributed by atoms with E-state index in [4.69, 9.17) is 10.2 Å². The topological polar surface area (TPSA) is 55.3 Å². The molecule has 0 bridgehead atoms. The summed E-state index contributed by atoms with van der Waals surface area (Å²) in [5.41, 5.74) is 5.64. The van der Waals surface area contributed by atoms with Crippen molar-refractivity contribution < 1.29 is 4.42 Å². The number of nitrogens with zero attached hydrogens (tertiary/aromatic N) is 2. The fourth-order valence-electron chi connectivity index (χ4n) is 0.970. The minimum absolute atomic E-state index is 0.0689. The van der Waals surface area contributed by atoms with Crippen molar-refractivity contribution in [1.82, 2.24) is 9.88 Å². The summed E-state index contributed by atoms with van der Waals surface area (Å²) in [6.07, 6.45) is 2.54. The fraction of sp³-hybridized carbons (Fsp3) is 0.667. The van der Waals surface area contributed by atoms with E-state index in [1.165, 1.54) is 0 Å². The number of rotatable bonds is 4. The highest BCUT2D eigenvalue weighted by Crippen LogP contribution is 2.11. The molecule has 0 spiro atoms. The summed E-state index contributed by atoms with van der Waals surface area (Å²) in [6.45, 7) is 2.83. The molecule has 1 aromatic rings. The van der Waals surface area contributed by atoms with Gasteiger partial charge in [-0.05, 0) is 21.0 Å². The third kappa shape index (κ3) is 3.16. The van der Waals surface area contributed by atoms with Gasteiger partial charge in [-0.2, -0.15) is 0 Å². The Kier molecular flexibility index (Phi) is 3.45. The standard InChI is InChI=1S/C9H17N3O/c1-7(10)8-6-11-9(13-8)4-5-12(2)3/h6-7H,4-5,10H2,1-3H3/t7-/m0/s1. The van der Waals surface area contributed by atoms with Gasteiger partial charge in [-0.15, -0.1) is 0 Å². The molecule has 74 valence electrons. The molecule has 1 rings (SSSR count). The van der Waals surface area contributed by atoms with Crippen LogP contribution in [-0.4, -0.2) is 30.5 Å². The molecular weight excluding hydrogens is 166 g/mol. The Morgan fingerprint density at radius 2 is 2.31 bits per heavy atom. The second-order valence-electron chi connectivity index (χ2n) is 3.50. The van der Waals surface area contributed by atoms with Gasteiger partial charge < -0.3 is 15.1 Å². The van der Waals surface area contributed by atoms with Crippen LogP contribution in [0.25, 0.3) is 0 Å². The van der Waals surface area contributed by atoms with Crippen LogP contribution in [-0.2, 0) is 6.42 Å². The van der Waals surface area contributed by atoms with Crippen LogP contribution in [0.3, 0.4) is 0 Å². The van der Waals surface area contributed by atoms with E-state index < -0.39 is 0 Å². The number of likely N-dealkylation sites (N-methyl/N-ethyl adjacent to an activating group) is 1. The quantitative estimate of drug-likeness (QED) is 0.750. The zero-order valence-electron chi connectivity index (χ0n) is 8.45. The van der Waals surface area contributed by atoms with Gasteiger partial charge >= 0.3 is 0 Å². The predicted molar refractivity (Wildman–Crippen MR) is 51.4 cm³/mol. The van der Waals surface area contributed by atoms with Crippen LogP contribution in [0.5, 0.6) is 0 Å². The molecule has 1 aromatic heterocycles. The molecule has 4 nitrogen and oxygen atoms in total. The highest BCUT2D eigenvalue weighted by molar-refractivity contribution is 4.98. The minimum Gasteiger partial charge on any atom is -0.444 e. The van der Waals surface area contributed by atoms with Crippen molar-refractivity contribution in [3.63, 3.8) is 0 Å². The summed E-state index contributed by atoms with van der Waals surface area (Å²) < 4.78 is 5.43. The van der Waals surface area contributed by atoms with Gasteiger partial charge in [0, 0.05) is 13.0 Å². The fourth-order valence-corrected chi connectivity index (χ4v) is 0.970. The van der Waals surface area contributed by atoms with Crippen molar-refractivity contribution in [2.24, 2.45) is 5.73 Å². The minimum atomic E-state index is -0.0689. The Morgan fingerprint density at radius 3 is 2.77 bits per heavy atom. The summed E-state index contributed by atoms with van der Waals surface area (Å²) in [5, 5.41) is 0. The lowest BCUT2D eigenvalue weighted by Gasteiger charge is -2.06. The number of hydrogen-bond donors (Lipinski definition) is 1. The van der Waals surface area contributed by atoms with Crippen molar-refractivity contribution in [3.8, 4) is 0 Å². The molecule has 0 aliphatic rings. The van der Waals surface area contributed by atoms with E-state index in [1.54, 1.807) is 6.20 Å². The van der Waals surface area contributed by atoms with E-state index >= 15 is 0 Å². The van der Waals surface area contributed by atoms with Crippen LogP contribution >= 0.6 is 0 Å². The number of aromatic nitrogens is 1. The average Bonchev–Trinajstić information content (AvgIpc) is 2.48. The number of oxazole rings is 1. The zero-order valence-corrected chi connectivity index (χ0v) is 8.45. The van der Waals surface area contributed by atoms with Gasteiger partial charge in [0.2, 0.25) is 0 Å². The number of hydrogen-bond acceptors (Lipinski definition) is 4. The second kappa shape index (κ2) is 4.39. The van der Waals surface area contributed by atoms with Crippen molar-refractivity contribution in [2.75, 3.05) is 20.6 Å². The van der Waals surface area contributed by atoms with E-state index in [-0.39, 0.29) is 6.04 Å². The summed E-state index contributed by atoms with van der Waals surface area (Å²) in [6, 6.07) is -0.0689. The lowest BCUT2D eigenvalue weighted by Crippen LogP contribution is -2.15. The van der Waals surface area contributed by atoms with Crippen LogP contribution in [0.1, 0.15) is 24.6 Å². The molecule has 1 atom stereocenters. The Morgan fingerprint density at radius 1 is 1.62 bits per heavy atom. The molecule has 0 aliphatic carbocycles. The molecule has 13 heavy (non-hydrogen) atoms. The van der Waals surface area contributed by atoms with Crippen LogP contribution in [0.4, 0.5) is 0 Å². The molecule has 0 aromatic carbocycles. The molecule has 0 saturated heterocycles. The van der Waals surface area contributed by atoms with Gasteiger partial charge in [-0.25, -0.2) is 4.98 Å². The van der Waals surface area contributed by atoms with Crippen LogP contribution in [0.15, 0.2) is 10.6 Å². The van der Waals surface area contributed by atoms with Crippen LogP contribution in [0.2, 0.25) is 0 Å². The van der Waals surface area contributed by atoms with Gasteiger partial charge in [-0.3, -0.25) is 0 Å². The molecular formula is C9H17N3O. The van der Waals surface area contributed by atoms with Crippen LogP contribution in [0, 0.1) is 0 Å². The molecule has 0 unspecified atom stereocenters. The molecule has 0 saturated carbocycles.